The van der Waals surface area contributed by atoms with Crippen LogP contribution in [-0.4, -0.2) is 38.2 Å². The number of halogens is 1. The third-order valence-corrected chi connectivity index (χ3v) is 5.70. The first-order valence-corrected chi connectivity index (χ1v) is 9.38. The van der Waals surface area contributed by atoms with E-state index in [0.29, 0.717) is 0 Å². The van der Waals surface area contributed by atoms with E-state index >= 15 is 0 Å². The predicted molar refractivity (Wildman–Crippen MR) is 93.2 cm³/mol. The van der Waals surface area contributed by atoms with Crippen molar-refractivity contribution in [3.63, 3.8) is 0 Å². The summed E-state index contributed by atoms with van der Waals surface area (Å²) in [6.07, 6.45) is 0. The number of carbonyl (C=O) groups is 2. The number of imide groups is 1. The van der Waals surface area contributed by atoms with E-state index in [1.54, 1.807) is 18.2 Å². The second-order valence-corrected chi connectivity index (χ2v) is 7.81. The minimum atomic E-state index is -3.70. The molecule has 0 bridgehead atoms. The summed E-state index contributed by atoms with van der Waals surface area (Å²) in [5.74, 6) is -0.989. The first-order valence-electron chi connectivity index (χ1n) is 7.52. The summed E-state index contributed by atoms with van der Waals surface area (Å²) < 4.78 is 26.9. The number of rotatable bonds is 5. The van der Waals surface area contributed by atoms with Crippen molar-refractivity contribution in [2.45, 2.75) is 11.8 Å². The van der Waals surface area contributed by atoms with Crippen molar-refractivity contribution < 1.29 is 18.0 Å². The van der Waals surface area contributed by atoms with Gasteiger partial charge in [-0.25, -0.2) is 13.1 Å². The Kier molecular flexibility index (Phi) is 4.64. The number of nitrogens with one attached hydrogen (secondary N) is 1. The molecular weight excluding hydrogens is 364 g/mol. The smallest absolute Gasteiger partial charge is 0.263 e. The van der Waals surface area contributed by atoms with E-state index in [9.17, 15) is 18.0 Å². The summed E-state index contributed by atoms with van der Waals surface area (Å²) in [6.45, 7) is 1.70. The van der Waals surface area contributed by atoms with Gasteiger partial charge in [-0.2, -0.15) is 0 Å². The van der Waals surface area contributed by atoms with Crippen LogP contribution in [0.2, 0.25) is 5.02 Å². The number of nitrogens with zero attached hydrogens (tertiary/aromatic N) is 1. The monoisotopic (exact) mass is 378 g/mol. The van der Waals surface area contributed by atoms with E-state index in [1.807, 2.05) is 6.92 Å². The lowest BCUT2D eigenvalue weighted by Crippen LogP contribution is -2.38. The zero-order valence-corrected chi connectivity index (χ0v) is 14.9. The van der Waals surface area contributed by atoms with Gasteiger partial charge in [0.1, 0.15) is 0 Å². The normalized spacial score (nSPS) is 14.1. The van der Waals surface area contributed by atoms with Crippen molar-refractivity contribution in [1.29, 1.82) is 0 Å². The second-order valence-electron chi connectivity index (χ2n) is 5.64. The maximum absolute atomic E-state index is 12.3. The van der Waals surface area contributed by atoms with Crippen molar-refractivity contribution >= 4 is 33.4 Å². The minimum Gasteiger partial charge on any atom is -0.273 e. The number of hydrogen-bond donors (Lipinski definition) is 1. The Morgan fingerprint density at radius 3 is 2.36 bits per heavy atom. The fourth-order valence-electron chi connectivity index (χ4n) is 2.59. The third-order valence-electron chi connectivity index (χ3n) is 3.91. The van der Waals surface area contributed by atoms with Gasteiger partial charge in [0.05, 0.1) is 21.0 Å². The van der Waals surface area contributed by atoms with Crippen LogP contribution in [0.3, 0.4) is 0 Å². The number of aryl methyl sites for hydroxylation is 1. The van der Waals surface area contributed by atoms with Gasteiger partial charge in [0.2, 0.25) is 10.0 Å². The van der Waals surface area contributed by atoms with E-state index in [-0.39, 0.29) is 34.1 Å². The summed E-state index contributed by atoms with van der Waals surface area (Å²) in [7, 11) is -3.70. The lowest BCUT2D eigenvalue weighted by Gasteiger charge is -2.14. The molecule has 0 saturated heterocycles. The fourth-order valence-corrected chi connectivity index (χ4v) is 3.86. The molecule has 1 aliphatic rings. The molecule has 0 spiro atoms. The number of hydrogen-bond acceptors (Lipinski definition) is 4. The van der Waals surface area contributed by atoms with Crippen molar-refractivity contribution in [2.75, 3.05) is 13.1 Å². The number of sulfonamides is 1. The summed E-state index contributed by atoms with van der Waals surface area (Å²) >= 11 is 5.98. The van der Waals surface area contributed by atoms with Crippen molar-refractivity contribution in [3.8, 4) is 0 Å². The van der Waals surface area contributed by atoms with Crippen molar-refractivity contribution in [2.24, 2.45) is 0 Å². The third kappa shape index (κ3) is 3.30. The Morgan fingerprint density at radius 1 is 1.04 bits per heavy atom. The molecule has 1 aliphatic heterocycles. The van der Waals surface area contributed by atoms with Crippen LogP contribution < -0.4 is 4.72 Å². The lowest BCUT2D eigenvalue weighted by atomic mass is 10.1. The molecule has 2 aromatic rings. The molecular formula is C17H15ClN2O4S. The number of benzene rings is 2. The van der Waals surface area contributed by atoms with Crippen LogP contribution >= 0.6 is 11.6 Å². The summed E-state index contributed by atoms with van der Waals surface area (Å²) in [5, 5.41) is 0.207. The van der Waals surface area contributed by atoms with Gasteiger partial charge in [0.25, 0.3) is 11.8 Å². The van der Waals surface area contributed by atoms with Gasteiger partial charge >= 0.3 is 0 Å². The van der Waals surface area contributed by atoms with Crippen LogP contribution in [0.5, 0.6) is 0 Å². The average Bonchev–Trinajstić information content (AvgIpc) is 2.81. The van der Waals surface area contributed by atoms with Gasteiger partial charge in [0.15, 0.2) is 0 Å². The molecule has 0 saturated carbocycles. The number of fused-ring (bicyclic) bond motifs is 1. The molecule has 0 aromatic heterocycles. The van der Waals surface area contributed by atoms with Crippen LogP contribution in [0, 0.1) is 6.92 Å². The van der Waals surface area contributed by atoms with Crippen LogP contribution in [-0.2, 0) is 10.0 Å². The number of amides is 2. The molecule has 6 nitrogen and oxygen atoms in total. The Bertz CT molecular complexity index is 955. The summed E-state index contributed by atoms with van der Waals surface area (Å²) in [5.41, 5.74) is 1.34. The van der Waals surface area contributed by atoms with Gasteiger partial charge in [-0.05, 0) is 31.2 Å². The molecule has 0 fully saturated rings. The van der Waals surface area contributed by atoms with Crippen LogP contribution in [0.1, 0.15) is 26.3 Å². The van der Waals surface area contributed by atoms with Gasteiger partial charge in [0, 0.05) is 13.1 Å². The van der Waals surface area contributed by atoms with Crippen LogP contribution in [0.15, 0.2) is 47.4 Å². The van der Waals surface area contributed by atoms with E-state index in [1.165, 1.54) is 24.3 Å². The molecule has 0 atom stereocenters. The SMILES string of the molecule is Cc1ccc(S(=O)(=O)NCCN2C(=O)c3cccc(Cl)c3C2=O)cc1. The summed E-state index contributed by atoms with van der Waals surface area (Å²) in [4.78, 5) is 25.7. The van der Waals surface area contributed by atoms with Crippen LogP contribution in [0.25, 0.3) is 0 Å². The molecule has 130 valence electrons. The fraction of sp³-hybridized carbons (Fsp3) is 0.176. The first-order chi connectivity index (χ1) is 11.8. The van der Waals surface area contributed by atoms with Gasteiger partial charge in [-0.1, -0.05) is 35.4 Å². The zero-order chi connectivity index (χ0) is 18.2. The molecule has 0 aliphatic carbocycles. The molecule has 3 rings (SSSR count). The number of carbonyl (C=O) groups excluding carboxylic acids is 2. The molecule has 2 aromatic carbocycles. The van der Waals surface area contributed by atoms with Gasteiger partial charge in [-0.15, -0.1) is 0 Å². The highest BCUT2D eigenvalue weighted by molar-refractivity contribution is 7.89. The average molecular weight is 379 g/mol. The van der Waals surface area contributed by atoms with Gasteiger partial charge < -0.3 is 0 Å². The lowest BCUT2D eigenvalue weighted by molar-refractivity contribution is 0.0657. The Balaban J connectivity index is 1.69. The van der Waals surface area contributed by atoms with Crippen LogP contribution in [0.4, 0.5) is 0 Å². The summed E-state index contributed by atoms with van der Waals surface area (Å²) in [6, 6.07) is 11.0. The molecule has 0 unspecified atom stereocenters. The van der Waals surface area contributed by atoms with Gasteiger partial charge in [-0.3, -0.25) is 14.5 Å². The van der Waals surface area contributed by atoms with Crippen molar-refractivity contribution in [3.05, 3.63) is 64.2 Å². The molecule has 1 N–H and O–H groups in total. The molecule has 8 heteroatoms. The first kappa shape index (κ1) is 17.6. The Labute approximate surface area is 150 Å². The van der Waals surface area contributed by atoms with E-state index < -0.39 is 21.8 Å². The standard InChI is InChI=1S/C17H15ClN2O4S/c1-11-5-7-12(8-6-11)25(23,24)19-9-10-20-16(21)13-3-2-4-14(18)15(13)17(20)22/h2-8,19H,9-10H2,1H3. The van der Waals surface area contributed by atoms with E-state index in [2.05, 4.69) is 4.72 Å². The largest absolute Gasteiger partial charge is 0.273 e. The minimum absolute atomic E-state index is 0.0756. The van der Waals surface area contributed by atoms with E-state index in [0.717, 1.165) is 10.5 Å². The van der Waals surface area contributed by atoms with E-state index in [4.69, 9.17) is 11.6 Å². The highest BCUT2D eigenvalue weighted by Gasteiger charge is 2.36. The molecule has 1 heterocycles. The molecule has 0 radical (unpaired) electrons. The molecule has 2 amide bonds. The quantitative estimate of drug-likeness (QED) is 0.808. The Hall–Kier alpha value is -2.22. The Morgan fingerprint density at radius 2 is 1.72 bits per heavy atom. The van der Waals surface area contributed by atoms with Crippen molar-refractivity contribution in [1.82, 2.24) is 9.62 Å². The maximum atomic E-state index is 12.3. The predicted octanol–water partition coefficient (Wildman–Crippen LogP) is 2.22. The zero-order valence-electron chi connectivity index (χ0n) is 13.3. The molecule has 25 heavy (non-hydrogen) atoms. The highest BCUT2D eigenvalue weighted by Crippen LogP contribution is 2.28. The maximum Gasteiger partial charge on any atom is 0.263 e. The topological polar surface area (TPSA) is 83.6 Å². The second kappa shape index (κ2) is 6.59. The highest BCUT2D eigenvalue weighted by atomic mass is 35.5.